The lowest BCUT2D eigenvalue weighted by molar-refractivity contribution is -0.154. The summed E-state index contributed by atoms with van der Waals surface area (Å²) in [5, 5.41) is 2.51. The summed E-state index contributed by atoms with van der Waals surface area (Å²) >= 11 is 0. The van der Waals surface area contributed by atoms with Gasteiger partial charge in [0.2, 0.25) is 11.8 Å². The Hall–Kier alpha value is -4.24. The molecule has 2 saturated heterocycles. The van der Waals surface area contributed by atoms with Crippen LogP contribution in [0.3, 0.4) is 0 Å². The average Bonchev–Trinajstić information content (AvgIpc) is 2.96. The van der Waals surface area contributed by atoms with Gasteiger partial charge in [0.25, 0.3) is 5.56 Å². The highest BCUT2D eigenvalue weighted by molar-refractivity contribution is 6.19. The first-order valence-corrected chi connectivity index (χ1v) is 13.6. The van der Waals surface area contributed by atoms with Crippen molar-refractivity contribution in [1.29, 1.82) is 0 Å². The van der Waals surface area contributed by atoms with E-state index in [0.717, 1.165) is 23.2 Å². The van der Waals surface area contributed by atoms with Crippen LogP contribution in [0.1, 0.15) is 29.2 Å². The van der Waals surface area contributed by atoms with E-state index in [-0.39, 0.29) is 36.9 Å². The second-order valence-electron chi connectivity index (χ2n) is 11.1. The molecule has 0 spiro atoms. The van der Waals surface area contributed by atoms with Crippen LogP contribution in [0.15, 0.2) is 77.6 Å². The molecule has 9 heteroatoms. The van der Waals surface area contributed by atoms with Gasteiger partial charge in [-0.25, -0.2) is 4.79 Å². The van der Waals surface area contributed by atoms with Crippen LogP contribution in [0.5, 0.6) is 5.75 Å². The quantitative estimate of drug-likeness (QED) is 0.463. The summed E-state index contributed by atoms with van der Waals surface area (Å²) in [6.45, 7) is 2.15. The molecule has 2 fully saturated rings. The number of ether oxygens (including phenoxy) is 1. The van der Waals surface area contributed by atoms with Crippen molar-refractivity contribution in [3.63, 3.8) is 0 Å². The predicted octanol–water partition coefficient (Wildman–Crippen LogP) is 2.78. The fraction of sp³-hybridized carbons (Fsp3) is 0.355. The fourth-order valence-corrected chi connectivity index (χ4v) is 6.59. The Labute approximate surface area is 232 Å². The molecule has 2 aromatic carbocycles. The van der Waals surface area contributed by atoms with Gasteiger partial charge in [-0.1, -0.05) is 48.5 Å². The molecular formula is C31H32N4O5. The van der Waals surface area contributed by atoms with Crippen LogP contribution >= 0.6 is 0 Å². The smallest absolute Gasteiger partial charge is 0.331 e. The first kappa shape index (κ1) is 26.0. The fourth-order valence-electron chi connectivity index (χ4n) is 6.59. The standard InChI is InChI=1S/C31H32N4O5/c1-40-25-12-10-21(11-13-25)15-31(28(37)32-30(39)35(29(31)38)17-22-6-3-2-4-7-22)20-33-16-23-14-24(19-33)26-8-5-9-27(36)34(26)18-23/h2-13,23-24H,14-20H2,1H3,(H,32,37,39). The molecular weight excluding hydrogens is 508 g/mol. The number of pyridine rings is 1. The minimum Gasteiger partial charge on any atom is -0.497 e. The molecule has 3 aromatic rings. The second kappa shape index (κ2) is 10.4. The molecule has 3 atom stereocenters. The molecule has 9 nitrogen and oxygen atoms in total. The van der Waals surface area contributed by atoms with Crippen molar-refractivity contribution in [2.45, 2.75) is 31.8 Å². The molecule has 3 aliphatic heterocycles. The number of barbiturate groups is 1. The van der Waals surface area contributed by atoms with Crippen molar-refractivity contribution in [3.05, 3.63) is 100.0 Å². The largest absolute Gasteiger partial charge is 0.497 e. The number of carbonyl (C=O) groups excluding carboxylic acids is 3. The minimum atomic E-state index is -1.50. The van der Waals surface area contributed by atoms with Crippen LogP contribution in [0.4, 0.5) is 4.79 Å². The van der Waals surface area contributed by atoms with Crippen LogP contribution in [0.2, 0.25) is 0 Å². The minimum absolute atomic E-state index is 0.00790. The zero-order valence-corrected chi connectivity index (χ0v) is 22.4. The third-order valence-corrected chi connectivity index (χ3v) is 8.45. The number of nitrogens with zero attached hydrogens (tertiary/aromatic N) is 3. The molecule has 4 heterocycles. The summed E-state index contributed by atoms with van der Waals surface area (Å²) in [7, 11) is 1.58. The summed E-state index contributed by atoms with van der Waals surface area (Å²) < 4.78 is 7.16. The van der Waals surface area contributed by atoms with Crippen molar-refractivity contribution in [3.8, 4) is 5.75 Å². The molecule has 6 rings (SSSR count). The molecule has 0 aliphatic carbocycles. The number of rotatable bonds is 7. The van der Waals surface area contributed by atoms with Crippen LogP contribution in [-0.4, -0.2) is 59.0 Å². The Bertz CT molecular complexity index is 1500. The molecule has 3 aliphatic rings. The topological polar surface area (TPSA) is 101 Å². The van der Waals surface area contributed by atoms with Crippen molar-refractivity contribution in [2.24, 2.45) is 11.3 Å². The monoisotopic (exact) mass is 540 g/mol. The van der Waals surface area contributed by atoms with E-state index in [2.05, 4.69) is 10.2 Å². The number of carbonyl (C=O) groups is 3. The van der Waals surface area contributed by atoms with Crippen LogP contribution in [0.25, 0.3) is 0 Å². The maximum atomic E-state index is 14.3. The van der Waals surface area contributed by atoms with Crippen molar-refractivity contribution >= 4 is 17.8 Å². The lowest BCUT2D eigenvalue weighted by atomic mass is 9.75. The van der Waals surface area contributed by atoms with Crippen LogP contribution in [-0.2, 0) is 29.1 Å². The Morgan fingerprint density at radius 2 is 1.65 bits per heavy atom. The molecule has 40 heavy (non-hydrogen) atoms. The van der Waals surface area contributed by atoms with E-state index < -0.39 is 23.3 Å². The summed E-state index contributed by atoms with van der Waals surface area (Å²) in [5.74, 6) is -0.0319. The van der Waals surface area contributed by atoms with E-state index in [4.69, 9.17) is 4.74 Å². The summed E-state index contributed by atoms with van der Waals surface area (Å²) in [5.41, 5.74) is 1.10. The van der Waals surface area contributed by atoms with Crippen LogP contribution < -0.4 is 15.6 Å². The van der Waals surface area contributed by atoms with Gasteiger partial charge in [0.1, 0.15) is 11.2 Å². The zero-order chi connectivity index (χ0) is 27.9. The number of urea groups is 1. The third-order valence-electron chi connectivity index (χ3n) is 8.45. The Kier molecular flexibility index (Phi) is 6.75. The Balaban J connectivity index is 1.34. The van der Waals surface area contributed by atoms with Gasteiger partial charge in [-0.3, -0.25) is 24.6 Å². The summed E-state index contributed by atoms with van der Waals surface area (Å²) in [6, 6.07) is 21.3. The number of hydrogen-bond acceptors (Lipinski definition) is 6. The lowest BCUT2D eigenvalue weighted by Crippen LogP contribution is -2.67. The van der Waals surface area contributed by atoms with E-state index in [1.165, 1.54) is 4.90 Å². The van der Waals surface area contributed by atoms with Gasteiger partial charge in [0.05, 0.1) is 13.7 Å². The average molecular weight is 541 g/mol. The number of fused-ring (bicyclic) bond motifs is 4. The number of benzene rings is 2. The Morgan fingerprint density at radius 1 is 0.875 bits per heavy atom. The van der Waals surface area contributed by atoms with Gasteiger partial charge in [0.15, 0.2) is 0 Å². The summed E-state index contributed by atoms with van der Waals surface area (Å²) in [6.07, 6.45) is 1.10. The van der Waals surface area contributed by atoms with E-state index in [1.807, 2.05) is 53.1 Å². The number of amides is 4. The summed E-state index contributed by atoms with van der Waals surface area (Å²) in [4.78, 5) is 56.9. The van der Waals surface area contributed by atoms with E-state index >= 15 is 0 Å². The van der Waals surface area contributed by atoms with E-state index in [1.54, 1.807) is 31.4 Å². The van der Waals surface area contributed by atoms with Crippen LogP contribution in [0, 0.1) is 11.3 Å². The van der Waals surface area contributed by atoms with E-state index in [0.29, 0.717) is 25.4 Å². The van der Waals surface area contributed by atoms with Crippen molar-refractivity contribution in [1.82, 2.24) is 19.7 Å². The zero-order valence-electron chi connectivity index (χ0n) is 22.4. The normalized spacial score (nSPS) is 24.4. The third kappa shape index (κ3) is 4.70. The molecule has 4 amide bonds. The molecule has 0 radical (unpaired) electrons. The number of imide groups is 2. The molecule has 1 N–H and O–H groups in total. The highest BCUT2D eigenvalue weighted by Crippen LogP contribution is 2.38. The maximum Gasteiger partial charge on any atom is 0.331 e. The van der Waals surface area contributed by atoms with Gasteiger partial charge in [-0.15, -0.1) is 0 Å². The highest BCUT2D eigenvalue weighted by Gasteiger charge is 2.55. The SMILES string of the molecule is COc1ccc(CC2(CN3CC4CC(C3)c3cccc(=O)n3C4)C(=O)NC(=O)N(Cc3ccccc3)C2=O)cc1. The molecule has 0 saturated carbocycles. The first-order valence-electron chi connectivity index (χ1n) is 13.6. The Morgan fingerprint density at radius 3 is 2.40 bits per heavy atom. The second-order valence-corrected chi connectivity index (χ2v) is 11.1. The molecule has 3 unspecified atom stereocenters. The van der Waals surface area contributed by atoms with Gasteiger partial charge in [-0.2, -0.15) is 0 Å². The van der Waals surface area contributed by atoms with Crippen molar-refractivity contribution < 1.29 is 19.1 Å². The van der Waals surface area contributed by atoms with Gasteiger partial charge in [0, 0.05) is 43.9 Å². The van der Waals surface area contributed by atoms with Gasteiger partial charge >= 0.3 is 6.03 Å². The molecule has 1 aromatic heterocycles. The number of nitrogens with one attached hydrogen (secondary N) is 1. The van der Waals surface area contributed by atoms with Gasteiger partial charge < -0.3 is 14.2 Å². The number of aromatic nitrogens is 1. The number of piperidine rings is 1. The maximum absolute atomic E-state index is 14.3. The number of hydrogen-bond donors (Lipinski definition) is 1. The molecule has 206 valence electrons. The van der Waals surface area contributed by atoms with E-state index in [9.17, 15) is 19.2 Å². The van der Waals surface area contributed by atoms with Gasteiger partial charge in [-0.05, 0) is 48.1 Å². The highest BCUT2D eigenvalue weighted by atomic mass is 16.5. The van der Waals surface area contributed by atoms with Crippen molar-refractivity contribution in [2.75, 3.05) is 26.7 Å². The lowest BCUT2D eigenvalue weighted by Gasteiger charge is -2.47. The number of methoxy groups -OCH3 is 1. The number of likely N-dealkylation sites (tertiary alicyclic amines) is 1. The molecule has 2 bridgehead atoms. The first-order chi connectivity index (χ1) is 19.4. The predicted molar refractivity (Wildman–Crippen MR) is 148 cm³/mol.